The minimum atomic E-state index is -0.645. The zero-order valence-electron chi connectivity index (χ0n) is 16.8. The Bertz CT molecular complexity index is 788. The summed E-state index contributed by atoms with van der Waals surface area (Å²) in [7, 11) is 3.96. The second-order valence-corrected chi connectivity index (χ2v) is 7.46. The van der Waals surface area contributed by atoms with Crippen molar-refractivity contribution in [2.24, 2.45) is 0 Å². The van der Waals surface area contributed by atoms with Crippen LogP contribution in [0.25, 0.3) is 0 Å². The molecule has 2 unspecified atom stereocenters. The first-order valence-corrected chi connectivity index (χ1v) is 9.79. The van der Waals surface area contributed by atoms with Crippen LogP contribution in [-0.2, 0) is 11.2 Å². The monoisotopic (exact) mass is 401 g/mol. The number of hydrogen-bond donors (Lipinski definition) is 2. The van der Waals surface area contributed by atoms with Gasteiger partial charge in [0, 0.05) is 17.1 Å². The molecular weight excluding hydrogens is 374 g/mol. The molecule has 0 radical (unpaired) electrons. The van der Waals surface area contributed by atoms with E-state index in [1.807, 2.05) is 14.1 Å². The Morgan fingerprint density at radius 3 is 2.18 bits per heavy atom. The summed E-state index contributed by atoms with van der Waals surface area (Å²) in [6.07, 6.45) is 0.995. The number of aryl methyl sites for hydroxylation is 1. The molecule has 0 saturated carbocycles. The van der Waals surface area contributed by atoms with E-state index in [1.165, 1.54) is 5.56 Å². The zero-order chi connectivity index (χ0) is 20.7. The average molecular weight is 402 g/mol. The minimum Gasteiger partial charge on any atom is -0.352 e. The van der Waals surface area contributed by atoms with Gasteiger partial charge in [0.1, 0.15) is 6.04 Å². The van der Waals surface area contributed by atoms with Crippen molar-refractivity contribution in [1.29, 1.82) is 0 Å². The molecule has 6 heteroatoms. The standard InChI is InChI=1S/C22H28ClN3O2/c1-5-16-6-8-17(9-7-16)20(26(3)4)14-24-21(27)15(2)25-22(28)18-10-12-19(23)13-11-18/h6-13,15,20H,5,14H2,1-4H3,(H,24,27)(H,25,28). The van der Waals surface area contributed by atoms with Crippen LogP contribution in [0, 0.1) is 0 Å². The Balaban J connectivity index is 1.93. The van der Waals surface area contributed by atoms with Gasteiger partial charge in [-0.15, -0.1) is 0 Å². The number of amides is 2. The van der Waals surface area contributed by atoms with Crippen LogP contribution in [0.3, 0.4) is 0 Å². The van der Waals surface area contributed by atoms with E-state index in [0.29, 0.717) is 17.1 Å². The summed E-state index contributed by atoms with van der Waals surface area (Å²) in [6.45, 7) is 4.25. The van der Waals surface area contributed by atoms with Crippen LogP contribution in [0.4, 0.5) is 0 Å². The van der Waals surface area contributed by atoms with Gasteiger partial charge >= 0.3 is 0 Å². The van der Waals surface area contributed by atoms with Gasteiger partial charge in [0.15, 0.2) is 0 Å². The van der Waals surface area contributed by atoms with Gasteiger partial charge in [-0.3, -0.25) is 9.59 Å². The first-order chi connectivity index (χ1) is 13.3. The molecule has 0 heterocycles. The molecule has 2 aromatic carbocycles. The van der Waals surface area contributed by atoms with Crippen LogP contribution in [0.5, 0.6) is 0 Å². The van der Waals surface area contributed by atoms with Gasteiger partial charge in [-0.2, -0.15) is 0 Å². The lowest BCUT2D eigenvalue weighted by Crippen LogP contribution is -2.46. The quantitative estimate of drug-likeness (QED) is 0.712. The lowest BCUT2D eigenvalue weighted by Gasteiger charge is -2.26. The van der Waals surface area contributed by atoms with Crippen molar-refractivity contribution in [3.05, 3.63) is 70.2 Å². The van der Waals surface area contributed by atoms with Crippen molar-refractivity contribution in [3.63, 3.8) is 0 Å². The number of hydrogen-bond acceptors (Lipinski definition) is 3. The predicted octanol–water partition coefficient (Wildman–Crippen LogP) is 3.44. The third-order valence-corrected chi connectivity index (χ3v) is 4.97. The van der Waals surface area contributed by atoms with Crippen molar-refractivity contribution >= 4 is 23.4 Å². The van der Waals surface area contributed by atoms with Crippen molar-refractivity contribution in [1.82, 2.24) is 15.5 Å². The molecule has 0 aliphatic heterocycles. The first-order valence-electron chi connectivity index (χ1n) is 9.41. The fourth-order valence-electron chi connectivity index (χ4n) is 2.87. The van der Waals surface area contributed by atoms with E-state index in [9.17, 15) is 9.59 Å². The molecule has 2 amide bonds. The third kappa shape index (κ3) is 6.08. The van der Waals surface area contributed by atoms with Crippen molar-refractivity contribution in [2.75, 3.05) is 20.6 Å². The number of rotatable bonds is 8. The summed E-state index contributed by atoms with van der Waals surface area (Å²) in [4.78, 5) is 26.8. The van der Waals surface area contributed by atoms with Gasteiger partial charge < -0.3 is 15.5 Å². The summed E-state index contributed by atoms with van der Waals surface area (Å²) in [5, 5.41) is 6.22. The largest absolute Gasteiger partial charge is 0.352 e. The van der Waals surface area contributed by atoms with Crippen LogP contribution in [0.1, 0.15) is 41.4 Å². The molecule has 0 saturated heterocycles. The predicted molar refractivity (Wildman–Crippen MR) is 114 cm³/mol. The van der Waals surface area contributed by atoms with E-state index >= 15 is 0 Å². The second kappa shape index (κ2) is 10.2. The van der Waals surface area contributed by atoms with E-state index in [1.54, 1.807) is 31.2 Å². The summed E-state index contributed by atoms with van der Waals surface area (Å²) in [6, 6.07) is 14.4. The summed E-state index contributed by atoms with van der Waals surface area (Å²) in [5.41, 5.74) is 2.88. The highest BCUT2D eigenvalue weighted by Gasteiger charge is 2.20. The molecule has 0 spiro atoms. The van der Waals surface area contributed by atoms with Crippen molar-refractivity contribution < 1.29 is 9.59 Å². The fourth-order valence-corrected chi connectivity index (χ4v) is 3.00. The molecule has 0 aromatic heterocycles. The Hall–Kier alpha value is -2.37. The molecule has 0 aliphatic rings. The van der Waals surface area contributed by atoms with Gasteiger partial charge in [0.25, 0.3) is 5.91 Å². The smallest absolute Gasteiger partial charge is 0.251 e. The zero-order valence-corrected chi connectivity index (χ0v) is 17.6. The Morgan fingerprint density at radius 2 is 1.64 bits per heavy atom. The summed E-state index contributed by atoms with van der Waals surface area (Å²) >= 11 is 5.84. The van der Waals surface area contributed by atoms with Gasteiger partial charge in [-0.1, -0.05) is 42.8 Å². The number of carbonyl (C=O) groups is 2. The maximum Gasteiger partial charge on any atom is 0.251 e. The molecule has 2 rings (SSSR count). The summed E-state index contributed by atoms with van der Waals surface area (Å²) < 4.78 is 0. The maximum absolute atomic E-state index is 12.5. The number of halogens is 1. The first kappa shape index (κ1) is 21.9. The van der Waals surface area contributed by atoms with E-state index < -0.39 is 6.04 Å². The molecule has 2 atom stereocenters. The van der Waals surface area contributed by atoms with E-state index in [4.69, 9.17) is 11.6 Å². The molecule has 2 aromatic rings. The molecule has 150 valence electrons. The van der Waals surface area contributed by atoms with Gasteiger partial charge in [0.05, 0.1) is 6.04 Å². The number of nitrogens with one attached hydrogen (secondary N) is 2. The van der Waals surface area contributed by atoms with E-state index in [-0.39, 0.29) is 17.9 Å². The molecule has 2 N–H and O–H groups in total. The van der Waals surface area contributed by atoms with Crippen LogP contribution in [-0.4, -0.2) is 43.4 Å². The Morgan fingerprint density at radius 1 is 1.04 bits per heavy atom. The van der Waals surface area contributed by atoms with Crippen molar-refractivity contribution in [2.45, 2.75) is 32.4 Å². The molecule has 5 nitrogen and oxygen atoms in total. The molecule has 28 heavy (non-hydrogen) atoms. The number of benzene rings is 2. The Kier molecular flexibility index (Phi) is 8.03. The lowest BCUT2D eigenvalue weighted by atomic mass is 10.0. The maximum atomic E-state index is 12.5. The lowest BCUT2D eigenvalue weighted by molar-refractivity contribution is -0.122. The number of likely N-dealkylation sites (N-methyl/N-ethyl adjacent to an activating group) is 1. The number of carbonyl (C=O) groups excluding carboxylic acids is 2. The highest BCUT2D eigenvalue weighted by atomic mass is 35.5. The van der Waals surface area contributed by atoms with Crippen molar-refractivity contribution in [3.8, 4) is 0 Å². The molecule has 0 bridgehead atoms. The average Bonchev–Trinajstić information content (AvgIpc) is 2.68. The Labute approximate surface area is 172 Å². The molecule has 0 aliphatic carbocycles. The summed E-state index contributed by atoms with van der Waals surface area (Å²) in [5.74, 6) is -0.530. The van der Waals surface area contributed by atoms with Crippen LogP contribution in [0.2, 0.25) is 5.02 Å². The van der Waals surface area contributed by atoms with Gasteiger partial charge in [-0.25, -0.2) is 0 Å². The third-order valence-electron chi connectivity index (χ3n) is 4.71. The normalized spacial score (nSPS) is 13.1. The van der Waals surface area contributed by atoms with E-state index in [0.717, 1.165) is 12.0 Å². The SMILES string of the molecule is CCc1ccc(C(CNC(=O)C(C)NC(=O)c2ccc(Cl)cc2)N(C)C)cc1. The van der Waals surface area contributed by atoms with Gasteiger partial charge in [-0.05, 0) is 62.8 Å². The fraction of sp³-hybridized carbons (Fsp3) is 0.364. The van der Waals surface area contributed by atoms with E-state index in [2.05, 4.69) is 46.7 Å². The second-order valence-electron chi connectivity index (χ2n) is 7.02. The minimum absolute atomic E-state index is 0.0500. The number of nitrogens with zero attached hydrogens (tertiary/aromatic N) is 1. The van der Waals surface area contributed by atoms with Crippen LogP contribution >= 0.6 is 11.6 Å². The van der Waals surface area contributed by atoms with Gasteiger partial charge in [0.2, 0.25) is 5.91 Å². The topological polar surface area (TPSA) is 61.4 Å². The molecular formula is C22H28ClN3O2. The highest BCUT2D eigenvalue weighted by Crippen LogP contribution is 2.18. The van der Waals surface area contributed by atoms with Crippen LogP contribution in [0.15, 0.2) is 48.5 Å². The molecule has 0 fully saturated rings. The highest BCUT2D eigenvalue weighted by molar-refractivity contribution is 6.30. The van der Waals surface area contributed by atoms with Crippen LogP contribution < -0.4 is 10.6 Å².